The second-order valence-electron chi connectivity index (χ2n) is 20.8. The minimum Gasteiger partial charge on any atom is -0.432 e. The fourth-order valence-electron chi connectivity index (χ4n) is 13.5. The van der Waals surface area contributed by atoms with E-state index >= 15 is 0 Å². The molecule has 1 spiro atoms. The first-order valence-corrected chi connectivity index (χ1v) is 23.4. The number of rotatable bonds is 12. The van der Waals surface area contributed by atoms with E-state index in [0.29, 0.717) is 56.9 Å². The van der Waals surface area contributed by atoms with Gasteiger partial charge in [0.05, 0.1) is 37.4 Å². The maximum atomic E-state index is 14.3. The summed E-state index contributed by atoms with van der Waals surface area (Å²) >= 11 is 0. The van der Waals surface area contributed by atoms with Crippen molar-refractivity contribution >= 4 is 5.97 Å². The number of carbonyl (C=O) groups is 1. The molecule has 2 bridgehead atoms. The predicted octanol–water partition coefficient (Wildman–Crippen LogP) is -5.11. The van der Waals surface area contributed by atoms with Gasteiger partial charge in [0.25, 0.3) is 0 Å². The molecule has 4 heterocycles. The van der Waals surface area contributed by atoms with Gasteiger partial charge in [-0.2, -0.15) is 0 Å². The van der Waals surface area contributed by atoms with Crippen molar-refractivity contribution in [1.29, 1.82) is 0 Å². The summed E-state index contributed by atoms with van der Waals surface area (Å²) in [6, 6.07) is 0. The van der Waals surface area contributed by atoms with Crippen LogP contribution in [0.2, 0.25) is 0 Å². The highest BCUT2D eigenvalue weighted by Gasteiger charge is 2.70. The third-order valence-electron chi connectivity index (χ3n) is 17.1. The Kier molecular flexibility index (Phi) is 15.0. The minimum absolute atomic E-state index is 0.0251. The Morgan fingerprint density at radius 2 is 1.03 bits per heavy atom. The van der Waals surface area contributed by atoms with E-state index < -0.39 is 177 Å². The summed E-state index contributed by atoms with van der Waals surface area (Å²) in [6.45, 7) is 5.41. The van der Waals surface area contributed by atoms with Crippen molar-refractivity contribution in [2.75, 3.05) is 26.4 Å². The van der Waals surface area contributed by atoms with Crippen LogP contribution in [0.25, 0.3) is 0 Å². The van der Waals surface area contributed by atoms with Gasteiger partial charge < -0.3 is 109 Å². The minimum atomic E-state index is -1.95. The Balaban J connectivity index is 1.06. The molecule has 14 N–H and O–H groups in total. The lowest BCUT2D eigenvalue weighted by atomic mass is 9.41. The van der Waals surface area contributed by atoms with Gasteiger partial charge in [-0.3, -0.25) is 4.79 Å². The molecule has 384 valence electrons. The van der Waals surface area contributed by atoms with E-state index in [0.717, 1.165) is 6.42 Å². The Morgan fingerprint density at radius 1 is 0.567 bits per heavy atom. The second kappa shape index (κ2) is 19.4. The summed E-state index contributed by atoms with van der Waals surface area (Å²) in [5.74, 6) is -0.805. The Hall–Kier alpha value is -1.63. The Morgan fingerprint density at radius 3 is 1.57 bits per heavy atom. The van der Waals surface area contributed by atoms with Crippen LogP contribution in [0, 0.1) is 28.1 Å². The average Bonchev–Trinajstić information content (AvgIpc) is 3.50. The summed E-state index contributed by atoms with van der Waals surface area (Å²) in [4.78, 5) is 14.3. The standard InChI is InChI=1S/C44H70O23/c1-17-11-43-9-5-22-41(2,7-4-8-42(22,3)40(59)66-38-33(58)30(55)26(51)20(14-47)62-38)23(43)6-10-44(17,16-43)67-39-35(65-37-32(57)29(54)25(50)19(13-46)61-37)34(27(52)21(15-48)63-39)64-36-31(56)28(53)24(49)18(12-45)60-36/h18-39,45-58H,1,4-16H2,2-3H3/t18-,19-,20-,21-,22+,23+,24-,25-,26-,27-,28+,29+,30+,31-,32-,33-,34+,35-,36+,37+,38?,39+,41-,42-,43-,44+/m1/s1. The van der Waals surface area contributed by atoms with Crippen LogP contribution in [0.4, 0.5) is 0 Å². The highest BCUT2D eigenvalue weighted by atomic mass is 16.8. The van der Waals surface area contributed by atoms with Crippen LogP contribution in [0.3, 0.4) is 0 Å². The molecule has 26 atom stereocenters. The quantitative estimate of drug-likeness (QED) is 0.0494. The van der Waals surface area contributed by atoms with Crippen molar-refractivity contribution in [3.05, 3.63) is 12.2 Å². The van der Waals surface area contributed by atoms with E-state index in [1.54, 1.807) is 0 Å². The number of ether oxygens (including phenoxy) is 8. The van der Waals surface area contributed by atoms with Crippen molar-refractivity contribution in [3.63, 3.8) is 0 Å². The van der Waals surface area contributed by atoms with Gasteiger partial charge in [-0.15, -0.1) is 0 Å². The van der Waals surface area contributed by atoms with Gasteiger partial charge in [0.2, 0.25) is 6.29 Å². The molecular formula is C44H70O23. The van der Waals surface area contributed by atoms with Crippen LogP contribution in [0.15, 0.2) is 12.2 Å². The molecule has 0 radical (unpaired) electrons. The maximum absolute atomic E-state index is 14.3. The number of esters is 1. The lowest BCUT2D eigenvalue weighted by molar-refractivity contribution is -0.400. The molecule has 8 fully saturated rings. The number of fused-ring (bicyclic) bond motifs is 3. The molecule has 4 saturated heterocycles. The van der Waals surface area contributed by atoms with E-state index in [2.05, 4.69) is 13.5 Å². The molecule has 8 aliphatic rings. The summed E-state index contributed by atoms with van der Waals surface area (Å²) in [6.07, 6.45) is -29.1. The molecular weight excluding hydrogens is 896 g/mol. The molecule has 0 amide bonds. The number of hydrogen-bond donors (Lipinski definition) is 14. The molecule has 23 nitrogen and oxygen atoms in total. The molecule has 23 heteroatoms. The predicted molar refractivity (Wildman–Crippen MR) is 219 cm³/mol. The lowest BCUT2D eigenvalue weighted by Gasteiger charge is -2.64. The summed E-state index contributed by atoms with van der Waals surface area (Å²) < 4.78 is 48.2. The van der Waals surface area contributed by atoms with Gasteiger partial charge in [-0.1, -0.05) is 19.9 Å². The van der Waals surface area contributed by atoms with Gasteiger partial charge >= 0.3 is 5.97 Å². The molecule has 4 aliphatic heterocycles. The van der Waals surface area contributed by atoms with Gasteiger partial charge in [0.1, 0.15) is 97.7 Å². The summed E-state index contributed by atoms with van der Waals surface area (Å²) in [7, 11) is 0. The second-order valence-corrected chi connectivity index (χ2v) is 20.8. The van der Waals surface area contributed by atoms with Crippen molar-refractivity contribution in [2.45, 2.75) is 200 Å². The first-order chi connectivity index (χ1) is 31.6. The summed E-state index contributed by atoms with van der Waals surface area (Å²) in [5, 5.41) is 148. The van der Waals surface area contributed by atoms with Crippen LogP contribution in [0.1, 0.15) is 71.6 Å². The molecule has 8 rings (SSSR count). The highest BCUT2D eigenvalue weighted by molar-refractivity contribution is 5.77. The molecule has 1 unspecified atom stereocenters. The Labute approximate surface area is 386 Å². The van der Waals surface area contributed by atoms with Gasteiger partial charge in [0, 0.05) is 0 Å². The number of hydrogen-bond acceptors (Lipinski definition) is 23. The molecule has 0 aromatic carbocycles. The fourth-order valence-corrected chi connectivity index (χ4v) is 13.5. The van der Waals surface area contributed by atoms with Crippen molar-refractivity contribution in [3.8, 4) is 0 Å². The highest BCUT2D eigenvalue weighted by Crippen LogP contribution is 2.74. The maximum Gasteiger partial charge on any atom is 0.314 e. The number of aliphatic hydroxyl groups excluding tert-OH is 14. The molecule has 0 aromatic heterocycles. The van der Waals surface area contributed by atoms with Gasteiger partial charge in [-0.25, -0.2) is 0 Å². The van der Waals surface area contributed by atoms with E-state index in [-0.39, 0.29) is 11.8 Å². The third-order valence-corrected chi connectivity index (χ3v) is 17.1. The summed E-state index contributed by atoms with van der Waals surface area (Å²) in [5.41, 5.74) is -2.33. The van der Waals surface area contributed by atoms with E-state index in [1.807, 2.05) is 6.92 Å². The third kappa shape index (κ3) is 8.63. The number of carbonyl (C=O) groups excluding carboxylic acids is 1. The van der Waals surface area contributed by atoms with E-state index in [4.69, 9.17) is 37.9 Å². The molecule has 4 aliphatic carbocycles. The monoisotopic (exact) mass is 966 g/mol. The average molecular weight is 967 g/mol. The van der Waals surface area contributed by atoms with Crippen molar-refractivity contribution in [1.82, 2.24) is 0 Å². The zero-order valence-electron chi connectivity index (χ0n) is 37.5. The SMILES string of the molecule is C=C1C[C@@]23CC[C@H]4[C@@](C)(CCC[C@@]4(C)C(=O)OC4O[C@H](CO)[C@@H](O)[C@H](O)[C@H]4O)[C@@H]2CC[C@]1(O[C@@H]1O[C@H](CO)[C@@H](O)[C@H](O[C@@H]2O[C@H](CO)[C@@H](O)[C@H](O)[C@H]2O)[C@H]1O[C@@H]1O[C@H](CO)[C@@H](O)[C@H](O)[C@H]1O)C3. The van der Waals surface area contributed by atoms with E-state index in [9.17, 15) is 76.3 Å². The normalized spacial score (nSPS) is 54.5. The van der Waals surface area contributed by atoms with Crippen LogP contribution in [-0.2, 0) is 42.7 Å². The van der Waals surface area contributed by atoms with E-state index in [1.165, 1.54) is 0 Å². The molecule has 4 saturated carbocycles. The van der Waals surface area contributed by atoms with Crippen LogP contribution in [0.5, 0.6) is 0 Å². The van der Waals surface area contributed by atoms with Crippen molar-refractivity contribution < 1.29 is 114 Å². The van der Waals surface area contributed by atoms with Gasteiger partial charge in [0.15, 0.2) is 18.9 Å². The Bertz CT molecular complexity index is 1760. The zero-order valence-corrected chi connectivity index (χ0v) is 37.5. The number of aliphatic hydroxyl groups is 14. The largest absolute Gasteiger partial charge is 0.432 e. The van der Waals surface area contributed by atoms with Gasteiger partial charge in [-0.05, 0) is 86.5 Å². The lowest BCUT2D eigenvalue weighted by Crippen LogP contribution is -2.68. The zero-order chi connectivity index (χ0) is 48.7. The topological polar surface area (TPSA) is 374 Å². The smallest absolute Gasteiger partial charge is 0.314 e. The molecule has 67 heavy (non-hydrogen) atoms. The first kappa shape index (κ1) is 51.7. The van der Waals surface area contributed by atoms with Crippen molar-refractivity contribution in [2.24, 2.45) is 28.1 Å². The van der Waals surface area contributed by atoms with Crippen LogP contribution < -0.4 is 0 Å². The molecule has 0 aromatic rings. The van der Waals surface area contributed by atoms with Crippen LogP contribution in [-0.4, -0.2) is 232 Å². The van der Waals surface area contributed by atoms with Crippen LogP contribution >= 0.6 is 0 Å². The fraction of sp³-hybridized carbons (Fsp3) is 0.932. The first-order valence-electron chi connectivity index (χ1n) is 23.4.